The van der Waals surface area contributed by atoms with Crippen molar-refractivity contribution >= 4 is 17.6 Å². The lowest BCUT2D eigenvalue weighted by molar-refractivity contribution is -0.129. The van der Waals surface area contributed by atoms with Gasteiger partial charge < -0.3 is 24.8 Å². The minimum absolute atomic E-state index is 0.201. The van der Waals surface area contributed by atoms with Crippen LogP contribution in [0.4, 0.5) is 5.69 Å². The molecular formula is C19H20N2O5. The molecule has 0 saturated carbocycles. The smallest absolute Gasteiger partial charge is 0.341 e. The predicted molar refractivity (Wildman–Crippen MR) is 95.3 cm³/mol. The zero-order valence-electron chi connectivity index (χ0n) is 14.6. The van der Waals surface area contributed by atoms with Gasteiger partial charge in [0.2, 0.25) is 6.79 Å². The Bertz CT molecular complexity index is 821. The summed E-state index contributed by atoms with van der Waals surface area (Å²) in [6.45, 7) is 2.03. The molecule has 0 aliphatic carbocycles. The van der Waals surface area contributed by atoms with Crippen LogP contribution < -0.4 is 20.1 Å². The highest BCUT2D eigenvalue weighted by molar-refractivity contribution is 5.97. The number of carbonyl (C=O) groups is 2. The summed E-state index contributed by atoms with van der Waals surface area (Å²) in [7, 11) is 1.72. The normalized spacial score (nSPS) is 13.0. The van der Waals surface area contributed by atoms with E-state index in [1.165, 1.54) is 6.92 Å². The molecule has 0 radical (unpaired) electrons. The van der Waals surface area contributed by atoms with Crippen LogP contribution in [0.3, 0.4) is 0 Å². The zero-order chi connectivity index (χ0) is 18.5. The summed E-state index contributed by atoms with van der Waals surface area (Å²) in [5.41, 5.74) is 1.89. The fourth-order valence-electron chi connectivity index (χ4n) is 2.54. The van der Waals surface area contributed by atoms with Crippen molar-refractivity contribution in [2.24, 2.45) is 0 Å². The molecule has 1 atom stereocenters. The van der Waals surface area contributed by atoms with E-state index in [1.807, 2.05) is 18.2 Å². The lowest BCUT2D eigenvalue weighted by atomic mass is 10.2. The van der Waals surface area contributed by atoms with Gasteiger partial charge in [0.1, 0.15) is 0 Å². The molecule has 0 fully saturated rings. The Morgan fingerprint density at radius 1 is 1.15 bits per heavy atom. The van der Waals surface area contributed by atoms with E-state index in [0.717, 1.165) is 5.56 Å². The quantitative estimate of drug-likeness (QED) is 0.773. The summed E-state index contributed by atoms with van der Waals surface area (Å²) in [6, 6.07) is 12.4. The molecule has 0 unspecified atom stereocenters. The average Bonchev–Trinajstić information content (AvgIpc) is 3.13. The van der Waals surface area contributed by atoms with Crippen molar-refractivity contribution in [1.82, 2.24) is 5.32 Å². The summed E-state index contributed by atoms with van der Waals surface area (Å²) in [5, 5.41) is 5.67. The third-order valence-corrected chi connectivity index (χ3v) is 3.97. The molecule has 26 heavy (non-hydrogen) atoms. The first kappa shape index (κ1) is 17.6. The Balaban J connectivity index is 1.55. The first-order valence-corrected chi connectivity index (χ1v) is 8.22. The minimum Gasteiger partial charge on any atom is -0.454 e. The number of hydrogen-bond donors (Lipinski definition) is 2. The summed E-state index contributed by atoms with van der Waals surface area (Å²) in [5.74, 6) is 0.407. The second kappa shape index (κ2) is 7.77. The average molecular weight is 356 g/mol. The minimum atomic E-state index is -0.915. The lowest BCUT2D eigenvalue weighted by Gasteiger charge is -2.15. The van der Waals surface area contributed by atoms with Gasteiger partial charge in [-0.15, -0.1) is 0 Å². The van der Waals surface area contributed by atoms with Crippen LogP contribution in [0.25, 0.3) is 0 Å². The number of para-hydroxylation sites is 1. The Morgan fingerprint density at radius 3 is 2.73 bits per heavy atom. The van der Waals surface area contributed by atoms with Gasteiger partial charge in [-0.3, -0.25) is 4.79 Å². The van der Waals surface area contributed by atoms with Gasteiger partial charge in [0.25, 0.3) is 5.91 Å². The van der Waals surface area contributed by atoms with Gasteiger partial charge in [0.05, 0.1) is 5.56 Å². The van der Waals surface area contributed by atoms with Gasteiger partial charge in [-0.25, -0.2) is 4.79 Å². The molecule has 7 nitrogen and oxygen atoms in total. The standard InChI is InChI=1S/C19H20N2O5/c1-12(26-19(23)14-5-3-4-6-15(14)20-2)18(22)21-10-13-7-8-16-17(9-13)25-11-24-16/h3-9,12,20H,10-11H2,1-2H3,(H,21,22)/t12-/m0/s1. The van der Waals surface area contributed by atoms with Gasteiger partial charge in [-0.05, 0) is 36.8 Å². The Morgan fingerprint density at radius 2 is 1.92 bits per heavy atom. The molecule has 1 amide bonds. The molecule has 3 rings (SSSR count). The van der Waals surface area contributed by atoms with Crippen molar-refractivity contribution in [1.29, 1.82) is 0 Å². The molecule has 2 aromatic carbocycles. The highest BCUT2D eigenvalue weighted by atomic mass is 16.7. The van der Waals surface area contributed by atoms with Crippen LogP contribution in [0.5, 0.6) is 11.5 Å². The van der Waals surface area contributed by atoms with Crippen LogP contribution in [0, 0.1) is 0 Å². The molecule has 2 N–H and O–H groups in total. The van der Waals surface area contributed by atoms with Crippen LogP contribution in [0.2, 0.25) is 0 Å². The van der Waals surface area contributed by atoms with Crippen LogP contribution in [0.15, 0.2) is 42.5 Å². The SMILES string of the molecule is CNc1ccccc1C(=O)O[C@@H](C)C(=O)NCc1ccc2c(c1)OCO2. The fraction of sp³-hybridized carbons (Fsp3) is 0.263. The van der Waals surface area contributed by atoms with E-state index < -0.39 is 12.1 Å². The van der Waals surface area contributed by atoms with Crippen LogP contribution in [0.1, 0.15) is 22.8 Å². The summed E-state index contributed by atoms with van der Waals surface area (Å²) in [4.78, 5) is 24.5. The molecule has 0 bridgehead atoms. The number of ether oxygens (including phenoxy) is 3. The van der Waals surface area contributed by atoms with E-state index >= 15 is 0 Å². The van der Waals surface area contributed by atoms with Crippen molar-refractivity contribution in [3.8, 4) is 11.5 Å². The highest BCUT2D eigenvalue weighted by Gasteiger charge is 2.20. The predicted octanol–water partition coefficient (Wildman–Crippen LogP) is 2.32. The maximum Gasteiger partial charge on any atom is 0.341 e. The van der Waals surface area contributed by atoms with Crippen LogP contribution in [-0.4, -0.2) is 31.8 Å². The number of fused-ring (bicyclic) bond motifs is 1. The second-order valence-electron chi connectivity index (χ2n) is 5.75. The number of rotatable bonds is 6. The Labute approximate surface area is 151 Å². The number of esters is 1. The first-order valence-electron chi connectivity index (χ1n) is 8.22. The van der Waals surface area contributed by atoms with E-state index in [1.54, 1.807) is 31.3 Å². The Kier molecular flexibility index (Phi) is 5.26. The maximum atomic E-state index is 12.3. The maximum absolute atomic E-state index is 12.3. The van der Waals surface area contributed by atoms with Gasteiger partial charge in [-0.2, -0.15) is 0 Å². The molecule has 0 spiro atoms. The molecule has 1 aliphatic heterocycles. The summed E-state index contributed by atoms with van der Waals surface area (Å²) >= 11 is 0. The van der Waals surface area contributed by atoms with E-state index in [0.29, 0.717) is 29.3 Å². The van der Waals surface area contributed by atoms with Crippen molar-refractivity contribution in [2.75, 3.05) is 19.2 Å². The fourth-order valence-corrected chi connectivity index (χ4v) is 2.54. The molecule has 0 aromatic heterocycles. The van der Waals surface area contributed by atoms with E-state index in [2.05, 4.69) is 10.6 Å². The summed E-state index contributed by atoms with van der Waals surface area (Å²) in [6.07, 6.45) is -0.915. The monoisotopic (exact) mass is 356 g/mol. The molecule has 136 valence electrons. The number of carbonyl (C=O) groups excluding carboxylic acids is 2. The van der Waals surface area contributed by atoms with Gasteiger partial charge in [0, 0.05) is 19.3 Å². The first-order chi connectivity index (χ1) is 12.6. The third-order valence-electron chi connectivity index (χ3n) is 3.97. The number of benzene rings is 2. The number of nitrogens with one attached hydrogen (secondary N) is 2. The zero-order valence-corrected chi connectivity index (χ0v) is 14.6. The van der Waals surface area contributed by atoms with Crippen molar-refractivity contribution in [3.63, 3.8) is 0 Å². The number of anilines is 1. The summed E-state index contributed by atoms with van der Waals surface area (Å²) < 4.78 is 15.8. The highest BCUT2D eigenvalue weighted by Crippen LogP contribution is 2.32. The van der Waals surface area contributed by atoms with E-state index in [4.69, 9.17) is 14.2 Å². The van der Waals surface area contributed by atoms with Gasteiger partial charge >= 0.3 is 5.97 Å². The van der Waals surface area contributed by atoms with Crippen molar-refractivity contribution in [3.05, 3.63) is 53.6 Å². The second-order valence-corrected chi connectivity index (χ2v) is 5.75. The molecule has 1 aliphatic rings. The van der Waals surface area contributed by atoms with Crippen LogP contribution in [-0.2, 0) is 16.1 Å². The van der Waals surface area contributed by atoms with E-state index in [9.17, 15) is 9.59 Å². The molecular weight excluding hydrogens is 336 g/mol. The molecule has 0 saturated heterocycles. The topological polar surface area (TPSA) is 85.9 Å². The van der Waals surface area contributed by atoms with Gasteiger partial charge in [0.15, 0.2) is 17.6 Å². The molecule has 1 heterocycles. The van der Waals surface area contributed by atoms with Crippen molar-refractivity contribution in [2.45, 2.75) is 19.6 Å². The van der Waals surface area contributed by atoms with Gasteiger partial charge in [-0.1, -0.05) is 18.2 Å². The molecule has 7 heteroatoms. The Hall–Kier alpha value is -3.22. The van der Waals surface area contributed by atoms with Crippen LogP contribution >= 0.6 is 0 Å². The van der Waals surface area contributed by atoms with E-state index in [-0.39, 0.29) is 12.7 Å². The number of amides is 1. The lowest BCUT2D eigenvalue weighted by Crippen LogP contribution is -2.35. The third kappa shape index (κ3) is 3.88. The number of hydrogen-bond acceptors (Lipinski definition) is 6. The van der Waals surface area contributed by atoms with Crippen molar-refractivity contribution < 1.29 is 23.8 Å². The molecule has 2 aromatic rings. The largest absolute Gasteiger partial charge is 0.454 e.